The topological polar surface area (TPSA) is 93.6 Å². The number of amides is 2. The lowest BCUT2D eigenvalue weighted by Gasteiger charge is -2.25. The highest BCUT2D eigenvalue weighted by molar-refractivity contribution is 5.99. The van der Waals surface area contributed by atoms with Crippen LogP contribution < -0.4 is 5.73 Å². The lowest BCUT2D eigenvalue weighted by atomic mass is 10.0. The second-order valence-electron chi connectivity index (χ2n) is 8.03. The van der Waals surface area contributed by atoms with Crippen molar-refractivity contribution in [2.75, 3.05) is 6.54 Å². The molecule has 4 aromatic rings. The predicted molar refractivity (Wildman–Crippen MR) is 121 cm³/mol. The standard InChI is InChI=1S/C25H23N5O2/c26-23(31)22-24-28-20(18-10-5-2-6-11-18)15-21(30(24)16-27-22)25(32)29-13-7-12-19(29)14-17-8-3-1-4-9-17/h1-6,8-11,15-16,19H,7,12-14H2,(H2,26,31). The predicted octanol–water partition coefficient (Wildman–Crippen LogP) is 3.34. The van der Waals surface area contributed by atoms with Gasteiger partial charge in [-0.05, 0) is 30.9 Å². The molecule has 3 heterocycles. The number of primary amides is 1. The van der Waals surface area contributed by atoms with E-state index in [-0.39, 0.29) is 17.6 Å². The maximum absolute atomic E-state index is 13.8. The van der Waals surface area contributed by atoms with Crippen molar-refractivity contribution in [3.63, 3.8) is 0 Å². The van der Waals surface area contributed by atoms with Crippen molar-refractivity contribution in [3.05, 3.63) is 90.0 Å². The van der Waals surface area contributed by atoms with Gasteiger partial charge in [0.2, 0.25) is 0 Å². The highest BCUT2D eigenvalue weighted by atomic mass is 16.2. The van der Waals surface area contributed by atoms with E-state index in [0.29, 0.717) is 23.6 Å². The molecule has 1 aliphatic rings. The van der Waals surface area contributed by atoms with Crippen molar-refractivity contribution >= 4 is 17.5 Å². The number of benzene rings is 2. The summed E-state index contributed by atoms with van der Waals surface area (Å²) in [4.78, 5) is 36.4. The molecule has 7 heteroatoms. The molecule has 0 radical (unpaired) electrons. The number of aromatic nitrogens is 3. The fraction of sp³-hybridized carbons (Fsp3) is 0.200. The van der Waals surface area contributed by atoms with E-state index in [4.69, 9.17) is 5.73 Å². The Bertz CT molecular complexity index is 1280. The van der Waals surface area contributed by atoms with Gasteiger partial charge in [0.1, 0.15) is 12.0 Å². The third-order valence-corrected chi connectivity index (χ3v) is 5.98. The van der Waals surface area contributed by atoms with Crippen molar-refractivity contribution in [1.29, 1.82) is 0 Å². The van der Waals surface area contributed by atoms with Gasteiger partial charge in [-0.1, -0.05) is 60.7 Å². The molecular weight excluding hydrogens is 402 g/mol. The van der Waals surface area contributed by atoms with E-state index in [2.05, 4.69) is 22.1 Å². The Morgan fingerprint density at radius 2 is 1.75 bits per heavy atom. The van der Waals surface area contributed by atoms with Crippen LogP contribution in [0.5, 0.6) is 0 Å². The number of likely N-dealkylation sites (tertiary alicyclic amines) is 1. The van der Waals surface area contributed by atoms with Gasteiger partial charge in [0.25, 0.3) is 11.8 Å². The average molecular weight is 425 g/mol. The molecule has 2 aromatic heterocycles. The van der Waals surface area contributed by atoms with E-state index in [1.807, 2.05) is 53.4 Å². The van der Waals surface area contributed by atoms with E-state index < -0.39 is 5.91 Å². The van der Waals surface area contributed by atoms with Crippen molar-refractivity contribution in [1.82, 2.24) is 19.3 Å². The largest absolute Gasteiger partial charge is 0.364 e. The van der Waals surface area contributed by atoms with Crippen LogP contribution in [0.15, 0.2) is 73.1 Å². The maximum atomic E-state index is 13.8. The molecule has 1 atom stereocenters. The number of nitrogens with two attached hydrogens (primary N) is 1. The van der Waals surface area contributed by atoms with Gasteiger partial charge in [-0.25, -0.2) is 9.97 Å². The Hall–Kier alpha value is -4.00. The molecule has 32 heavy (non-hydrogen) atoms. The minimum atomic E-state index is -0.674. The molecular formula is C25H23N5O2. The zero-order valence-electron chi connectivity index (χ0n) is 17.5. The Labute approximate surface area is 185 Å². The van der Waals surface area contributed by atoms with Gasteiger partial charge in [0.05, 0.1) is 5.69 Å². The zero-order chi connectivity index (χ0) is 22.1. The molecule has 5 rings (SSSR count). The second-order valence-corrected chi connectivity index (χ2v) is 8.03. The molecule has 0 bridgehead atoms. The number of hydrogen-bond donors (Lipinski definition) is 1. The summed E-state index contributed by atoms with van der Waals surface area (Å²) in [5, 5.41) is 0. The van der Waals surface area contributed by atoms with Gasteiger partial charge in [0, 0.05) is 18.2 Å². The van der Waals surface area contributed by atoms with Gasteiger partial charge < -0.3 is 10.6 Å². The second kappa shape index (κ2) is 8.26. The molecule has 1 fully saturated rings. The van der Waals surface area contributed by atoms with Gasteiger partial charge in [0.15, 0.2) is 11.3 Å². The van der Waals surface area contributed by atoms with Crippen LogP contribution in [0, 0.1) is 0 Å². The zero-order valence-corrected chi connectivity index (χ0v) is 17.5. The fourth-order valence-corrected chi connectivity index (χ4v) is 4.41. The Balaban J connectivity index is 1.58. The maximum Gasteiger partial charge on any atom is 0.271 e. The first-order valence-electron chi connectivity index (χ1n) is 10.7. The number of carbonyl (C=O) groups is 2. The lowest BCUT2D eigenvalue weighted by Crippen LogP contribution is -2.37. The Morgan fingerprint density at radius 3 is 2.47 bits per heavy atom. The third-order valence-electron chi connectivity index (χ3n) is 5.98. The van der Waals surface area contributed by atoms with Crippen LogP contribution in [-0.2, 0) is 6.42 Å². The summed E-state index contributed by atoms with van der Waals surface area (Å²) in [5.41, 5.74) is 8.95. The van der Waals surface area contributed by atoms with Crippen LogP contribution in [0.1, 0.15) is 39.4 Å². The SMILES string of the molecule is NC(=O)c1ncn2c(C(=O)N3CCCC3Cc3ccccc3)cc(-c3ccccc3)nc12. The summed E-state index contributed by atoms with van der Waals surface area (Å²) in [6.45, 7) is 0.693. The van der Waals surface area contributed by atoms with Gasteiger partial charge >= 0.3 is 0 Å². The molecule has 7 nitrogen and oxygen atoms in total. The minimum Gasteiger partial charge on any atom is -0.364 e. The van der Waals surface area contributed by atoms with Crippen molar-refractivity contribution in [3.8, 4) is 11.3 Å². The van der Waals surface area contributed by atoms with E-state index in [1.165, 1.54) is 11.9 Å². The molecule has 0 aliphatic carbocycles. The molecule has 1 saturated heterocycles. The first kappa shape index (κ1) is 19.9. The Kier molecular flexibility index (Phi) is 5.15. The lowest BCUT2D eigenvalue weighted by molar-refractivity contribution is 0.0728. The highest BCUT2D eigenvalue weighted by Gasteiger charge is 2.31. The van der Waals surface area contributed by atoms with Gasteiger partial charge in [-0.3, -0.25) is 14.0 Å². The summed E-state index contributed by atoms with van der Waals surface area (Å²) in [5.74, 6) is -0.770. The normalized spacial score (nSPS) is 15.9. The van der Waals surface area contributed by atoms with Gasteiger partial charge in [-0.15, -0.1) is 0 Å². The van der Waals surface area contributed by atoms with Crippen LogP contribution in [0.25, 0.3) is 16.9 Å². The molecule has 2 aromatic carbocycles. The summed E-state index contributed by atoms with van der Waals surface area (Å²) in [7, 11) is 0. The summed E-state index contributed by atoms with van der Waals surface area (Å²) >= 11 is 0. The fourth-order valence-electron chi connectivity index (χ4n) is 4.41. The quantitative estimate of drug-likeness (QED) is 0.531. The molecule has 2 amide bonds. The highest BCUT2D eigenvalue weighted by Crippen LogP contribution is 2.26. The van der Waals surface area contributed by atoms with Crippen LogP contribution in [0.2, 0.25) is 0 Å². The van der Waals surface area contributed by atoms with E-state index in [1.54, 1.807) is 10.5 Å². The molecule has 160 valence electrons. The first-order valence-corrected chi connectivity index (χ1v) is 10.7. The van der Waals surface area contributed by atoms with Crippen LogP contribution in [0.4, 0.5) is 0 Å². The third kappa shape index (κ3) is 3.62. The molecule has 1 unspecified atom stereocenters. The summed E-state index contributed by atoms with van der Waals surface area (Å²) in [6, 6.07) is 21.7. The van der Waals surface area contributed by atoms with E-state index >= 15 is 0 Å². The van der Waals surface area contributed by atoms with Crippen LogP contribution in [-0.4, -0.2) is 43.7 Å². The number of hydrogen-bond acceptors (Lipinski definition) is 4. The summed E-state index contributed by atoms with van der Waals surface area (Å²) in [6.07, 6.45) is 4.17. The van der Waals surface area contributed by atoms with Crippen molar-refractivity contribution in [2.45, 2.75) is 25.3 Å². The summed E-state index contributed by atoms with van der Waals surface area (Å²) < 4.78 is 1.58. The van der Waals surface area contributed by atoms with Crippen molar-refractivity contribution < 1.29 is 9.59 Å². The smallest absolute Gasteiger partial charge is 0.271 e. The van der Waals surface area contributed by atoms with Crippen LogP contribution >= 0.6 is 0 Å². The number of rotatable bonds is 5. The van der Waals surface area contributed by atoms with Crippen molar-refractivity contribution in [2.24, 2.45) is 5.73 Å². The van der Waals surface area contributed by atoms with Crippen LogP contribution in [0.3, 0.4) is 0 Å². The Morgan fingerprint density at radius 1 is 1.03 bits per heavy atom. The van der Waals surface area contributed by atoms with Gasteiger partial charge in [-0.2, -0.15) is 0 Å². The minimum absolute atomic E-state index is 0.0547. The number of fused-ring (bicyclic) bond motifs is 1. The first-order chi connectivity index (χ1) is 15.6. The van der Waals surface area contributed by atoms with E-state index in [0.717, 1.165) is 24.8 Å². The molecule has 0 saturated carbocycles. The molecule has 2 N–H and O–H groups in total. The number of carbonyl (C=O) groups excluding carboxylic acids is 2. The number of nitrogens with zero attached hydrogens (tertiary/aromatic N) is 4. The molecule has 0 spiro atoms. The number of imidazole rings is 1. The average Bonchev–Trinajstić information content (AvgIpc) is 3.46. The van der Waals surface area contributed by atoms with E-state index in [9.17, 15) is 9.59 Å². The monoisotopic (exact) mass is 425 g/mol. The molecule has 1 aliphatic heterocycles.